The first-order chi connectivity index (χ1) is 10.9. The summed E-state index contributed by atoms with van der Waals surface area (Å²) in [7, 11) is 1.74. The van der Waals surface area contributed by atoms with Gasteiger partial charge in [0.05, 0.1) is 0 Å². The average Bonchev–Trinajstić information content (AvgIpc) is 2.81. The standard InChI is InChI=1S/C19H21NO2S/c1-19(2,23)12-20(3)18(21)22-17-15-10-6-4-8-13(15)14-9-5-7-11-16(14)17/h4-11,17,23H,12H2,1-3H3. The molecule has 0 aromatic heterocycles. The Hall–Kier alpha value is -1.94. The maximum absolute atomic E-state index is 12.5. The van der Waals surface area contributed by atoms with Crippen LogP contribution < -0.4 is 0 Å². The molecule has 0 saturated carbocycles. The molecule has 0 radical (unpaired) electrons. The van der Waals surface area contributed by atoms with Crippen LogP contribution in [0.5, 0.6) is 0 Å². The van der Waals surface area contributed by atoms with E-state index in [9.17, 15) is 4.79 Å². The van der Waals surface area contributed by atoms with Crippen LogP contribution in [-0.2, 0) is 4.74 Å². The van der Waals surface area contributed by atoms with Crippen molar-refractivity contribution in [3.05, 3.63) is 59.7 Å². The SMILES string of the molecule is CN(CC(C)(C)S)C(=O)OC1c2ccccc2-c2ccccc21. The van der Waals surface area contributed by atoms with Gasteiger partial charge in [-0.15, -0.1) is 0 Å². The molecule has 3 nitrogen and oxygen atoms in total. The summed E-state index contributed by atoms with van der Waals surface area (Å²) in [5.74, 6) is 0. The molecule has 0 saturated heterocycles. The normalized spacial score (nSPS) is 13.4. The Balaban J connectivity index is 1.87. The lowest BCUT2D eigenvalue weighted by Crippen LogP contribution is -2.37. The fraction of sp³-hybridized carbons (Fsp3) is 0.316. The number of carbonyl (C=O) groups excluding carboxylic acids is 1. The van der Waals surface area contributed by atoms with E-state index >= 15 is 0 Å². The Kier molecular flexibility index (Phi) is 4.11. The molecule has 0 atom stereocenters. The van der Waals surface area contributed by atoms with Crippen LogP contribution in [0.2, 0.25) is 0 Å². The molecular formula is C19H21NO2S. The minimum absolute atomic E-state index is 0.265. The van der Waals surface area contributed by atoms with E-state index in [1.807, 2.05) is 50.2 Å². The van der Waals surface area contributed by atoms with E-state index < -0.39 is 0 Å². The number of rotatable bonds is 3. The molecule has 0 bridgehead atoms. The number of nitrogens with zero attached hydrogens (tertiary/aromatic N) is 1. The number of benzene rings is 2. The number of hydrogen-bond donors (Lipinski definition) is 1. The fourth-order valence-electron chi connectivity index (χ4n) is 3.07. The molecule has 1 aliphatic carbocycles. The van der Waals surface area contributed by atoms with Crippen molar-refractivity contribution in [2.75, 3.05) is 13.6 Å². The first-order valence-electron chi connectivity index (χ1n) is 7.69. The van der Waals surface area contributed by atoms with Crippen LogP contribution >= 0.6 is 12.6 Å². The van der Waals surface area contributed by atoms with Crippen molar-refractivity contribution >= 4 is 18.7 Å². The number of hydrogen-bond acceptors (Lipinski definition) is 3. The minimum Gasteiger partial charge on any atom is -0.436 e. The summed E-state index contributed by atoms with van der Waals surface area (Å²) < 4.78 is 5.56. The first kappa shape index (κ1) is 15.9. The lowest BCUT2D eigenvalue weighted by Gasteiger charge is -2.27. The Bertz CT molecular complexity index is 691. The highest BCUT2D eigenvalue weighted by Gasteiger charge is 2.32. The minimum atomic E-state index is -0.347. The summed E-state index contributed by atoms with van der Waals surface area (Å²) in [4.78, 5) is 14.0. The molecule has 0 spiro atoms. The Morgan fingerprint density at radius 1 is 1.09 bits per heavy atom. The Morgan fingerprint density at radius 2 is 1.57 bits per heavy atom. The maximum Gasteiger partial charge on any atom is 0.410 e. The van der Waals surface area contributed by atoms with Gasteiger partial charge in [0.2, 0.25) is 0 Å². The molecule has 120 valence electrons. The predicted molar refractivity (Wildman–Crippen MR) is 95.9 cm³/mol. The van der Waals surface area contributed by atoms with Gasteiger partial charge in [-0.25, -0.2) is 4.79 Å². The van der Waals surface area contributed by atoms with E-state index in [0.29, 0.717) is 6.54 Å². The molecule has 4 heteroatoms. The van der Waals surface area contributed by atoms with Crippen molar-refractivity contribution in [3.8, 4) is 11.1 Å². The number of ether oxygens (including phenoxy) is 1. The summed E-state index contributed by atoms with van der Waals surface area (Å²) in [6.45, 7) is 4.46. The van der Waals surface area contributed by atoms with Crippen molar-refractivity contribution in [2.45, 2.75) is 24.7 Å². The van der Waals surface area contributed by atoms with Crippen LogP contribution in [0.15, 0.2) is 48.5 Å². The molecular weight excluding hydrogens is 306 g/mol. The molecule has 23 heavy (non-hydrogen) atoms. The lowest BCUT2D eigenvalue weighted by molar-refractivity contribution is 0.0845. The maximum atomic E-state index is 12.5. The van der Waals surface area contributed by atoms with Crippen molar-refractivity contribution < 1.29 is 9.53 Å². The first-order valence-corrected chi connectivity index (χ1v) is 8.14. The topological polar surface area (TPSA) is 29.5 Å². The molecule has 0 heterocycles. The van der Waals surface area contributed by atoms with Gasteiger partial charge in [0.25, 0.3) is 0 Å². The van der Waals surface area contributed by atoms with Crippen molar-refractivity contribution in [3.63, 3.8) is 0 Å². The molecule has 0 aliphatic heterocycles. The van der Waals surface area contributed by atoms with E-state index in [0.717, 1.165) is 22.3 Å². The number of carbonyl (C=O) groups is 1. The number of thiol groups is 1. The third kappa shape index (κ3) is 3.22. The quantitative estimate of drug-likeness (QED) is 0.839. The van der Waals surface area contributed by atoms with Crippen LogP contribution in [0, 0.1) is 0 Å². The van der Waals surface area contributed by atoms with E-state index in [2.05, 4.69) is 24.8 Å². The number of fused-ring (bicyclic) bond motifs is 3. The summed E-state index contributed by atoms with van der Waals surface area (Å²) in [6, 6.07) is 16.2. The molecule has 0 fully saturated rings. The van der Waals surface area contributed by atoms with Gasteiger partial charge in [-0.05, 0) is 25.0 Å². The van der Waals surface area contributed by atoms with E-state index in [1.54, 1.807) is 11.9 Å². The van der Waals surface area contributed by atoms with Crippen LogP contribution in [-0.4, -0.2) is 29.3 Å². The highest BCUT2D eigenvalue weighted by atomic mass is 32.1. The van der Waals surface area contributed by atoms with E-state index in [4.69, 9.17) is 4.74 Å². The second-order valence-electron chi connectivity index (χ2n) is 6.61. The Labute approximate surface area is 142 Å². The zero-order valence-corrected chi connectivity index (χ0v) is 14.5. The van der Waals surface area contributed by atoms with Gasteiger partial charge in [0.15, 0.2) is 6.10 Å². The van der Waals surface area contributed by atoms with Crippen LogP contribution in [0.25, 0.3) is 11.1 Å². The molecule has 0 N–H and O–H groups in total. The molecule has 1 amide bonds. The molecule has 3 rings (SSSR count). The largest absolute Gasteiger partial charge is 0.436 e. The third-order valence-electron chi connectivity index (χ3n) is 3.93. The lowest BCUT2D eigenvalue weighted by atomic mass is 10.1. The van der Waals surface area contributed by atoms with Gasteiger partial charge in [-0.1, -0.05) is 48.5 Å². The molecule has 1 aliphatic rings. The van der Waals surface area contributed by atoms with E-state index in [-0.39, 0.29) is 16.9 Å². The van der Waals surface area contributed by atoms with Crippen LogP contribution in [0.4, 0.5) is 4.79 Å². The highest BCUT2D eigenvalue weighted by Crippen LogP contribution is 2.45. The summed E-state index contributed by atoms with van der Waals surface area (Å²) >= 11 is 4.48. The number of amides is 1. The summed E-state index contributed by atoms with van der Waals surface area (Å²) in [6.07, 6.45) is -0.677. The zero-order valence-electron chi connectivity index (χ0n) is 13.6. The average molecular weight is 327 g/mol. The van der Waals surface area contributed by atoms with E-state index in [1.165, 1.54) is 0 Å². The van der Waals surface area contributed by atoms with Gasteiger partial charge >= 0.3 is 6.09 Å². The van der Waals surface area contributed by atoms with Crippen molar-refractivity contribution in [1.29, 1.82) is 0 Å². The van der Waals surface area contributed by atoms with Crippen molar-refractivity contribution in [2.24, 2.45) is 0 Å². The Morgan fingerprint density at radius 3 is 2.04 bits per heavy atom. The molecule has 2 aromatic rings. The van der Waals surface area contributed by atoms with Gasteiger partial charge < -0.3 is 9.64 Å². The smallest absolute Gasteiger partial charge is 0.410 e. The predicted octanol–water partition coefficient (Wildman–Crippen LogP) is 4.53. The third-order valence-corrected chi connectivity index (χ3v) is 4.07. The van der Waals surface area contributed by atoms with Crippen LogP contribution in [0.1, 0.15) is 31.1 Å². The fourth-order valence-corrected chi connectivity index (χ4v) is 3.28. The van der Waals surface area contributed by atoms with Gasteiger partial charge in [0, 0.05) is 29.5 Å². The molecule has 2 aromatic carbocycles. The van der Waals surface area contributed by atoms with Gasteiger partial charge in [0.1, 0.15) is 0 Å². The van der Waals surface area contributed by atoms with Gasteiger partial charge in [-0.2, -0.15) is 12.6 Å². The zero-order chi connectivity index (χ0) is 16.6. The summed E-state index contributed by atoms with van der Waals surface area (Å²) in [5.41, 5.74) is 4.36. The highest BCUT2D eigenvalue weighted by molar-refractivity contribution is 7.81. The monoisotopic (exact) mass is 327 g/mol. The van der Waals surface area contributed by atoms with Gasteiger partial charge in [-0.3, -0.25) is 0 Å². The van der Waals surface area contributed by atoms with Crippen LogP contribution in [0.3, 0.4) is 0 Å². The molecule has 0 unspecified atom stereocenters. The second kappa shape index (κ2) is 5.93. The summed E-state index contributed by atoms with van der Waals surface area (Å²) in [5, 5.41) is 0. The second-order valence-corrected chi connectivity index (χ2v) is 7.82. The van der Waals surface area contributed by atoms with Crippen molar-refractivity contribution in [1.82, 2.24) is 4.90 Å².